The molecule has 0 aliphatic heterocycles. The first-order chi connectivity index (χ1) is 6.77. The molecule has 14 heavy (non-hydrogen) atoms. The predicted molar refractivity (Wildman–Crippen MR) is 55.2 cm³/mol. The van der Waals surface area contributed by atoms with Crippen molar-refractivity contribution in [2.45, 2.75) is 0 Å². The fourth-order valence-electron chi connectivity index (χ4n) is 0.872. The molecule has 0 fully saturated rings. The van der Waals surface area contributed by atoms with Crippen LogP contribution in [0.4, 0.5) is 0 Å². The Morgan fingerprint density at radius 2 is 2.21 bits per heavy atom. The summed E-state index contributed by atoms with van der Waals surface area (Å²) in [6.45, 7) is 0.128. The number of halogens is 1. The highest BCUT2D eigenvalue weighted by atomic mass is 79.9. The Labute approximate surface area is 91.2 Å². The Morgan fingerprint density at radius 3 is 2.86 bits per heavy atom. The molecule has 6 heteroatoms. The largest absolute Gasteiger partial charge is 0.569 e. The van der Waals surface area contributed by atoms with E-state index >= 15 is 0 Å². The van der Waals surface area contributed by atoms with Gasteiger partial charge in [-0.2, -0.15) is 0 Å². The SMILES string of the molecule is COCOc1ccc(Br)cc1O[B]O. The lowest BCUT2D eigenvalue weighted by Crippen LogP contribution is -2.04. The molecule has 4 nitrogen and oxygen atoms in total. The van der Waals surface area contributed by atoms with Gasteiger partial charge in [-0.25, -0.2) is 0 Å². The van der Waals surface area contributed by atoms with Crippen LogP contribution in [0.1, 0.15) is 0 Å². The number of ether oxygens (including phenoxy) is 2. The topological polar surface area (TPSA) is 47.9 Å². The van der Waals surface area contributed by atoms with Gasteiger partial charge in [0, 0.05) is 11.6 Å². The predicted octanol–water partition coefficient (Wildman–Crippen LogP) is 1.34. The van der Waals surface area contributed by atoms with E-state index in [4.69, 9.17) is 19.2 Å². The molecule has 1 aromatic rings. The van der Waals surface area contributed by atoms with Crippen LogP contribution in [0.2, 0.25) is 0 Å². The van der Waals surface area contributed by atoms with Crippen molar-refractivity contribution in [3.05, 3.63) is 22.7 Å². The lowest BCUT2D eigenvalue weighted by Gasteiger charge is -2.10. The molecule has 1 radical (unpaired) electrons. The zero-order valence-corrected chi connectivity index (χ0v) is 9.15. The third kappa shape index (κ3) is 3.21. The maximum Gasteiger partial charge on any atom is 0.569 e. The van der Waals surface area contributed by atoms with Crippen molar-refractivity contribution < 1.29 is 19.2 Å². The number of hydrogen-bond donors (Lipinski definition) is 1. The first kappa shape index (κ1) is 11.4. The highest BCUT2D eigenvalue weighted by Gasteiger charge is 2.05. The second-order valence-electron chi connectivity index (χ2n) is 2.37. The summed E-state index contributed by atoms with van der Waals surface area (Å²) in [6.07, 6.45) is 0. The molecule has 0 amide bonds. The average molecular weight is 260 g/mol. The normalized spacial score (nSPS) is 9.64. The maximum atomic E-state index is 8.51. The molecule has 1 N–H and O–H groups in total. The Bertz CT molecular complexity index is 295. The Balaban J connectivity index is 2.78. The van der Waals surface area contributed by atoms with E-state index in [1.807, 2.05) is 0 Å². The van der Waals surface area contributed by atoms with Gasteiger partial charge in [0.15, 0.2) is 12.5 Å². The molecule has 75 valence electrons. The summed E-state index contributed by atoms with van der Waals surface area (Å²) in [6, 6.07) is 5.19. The van der Waals surface area contributed by atoms with Crippen LogP contribution >= 0.6 is 15.9 Å². The molecule has 0 spiro atoms. The van der Waals surface area contributed by atoms with Crippen molar-refractivity contribution in [2.75, 3.05) is 13.9 Å². The quantitative estimate of drug-likeness (QED) is 0.641. The molecular weight excluding hydrogens is 251 g/mol. The minimum atomic E-state index is 0.128. The van der Waals surface area contributed by atoms with Gasteiger partial charge < -0.3 is 19.2 Å². The molecule has 0 aliphatic rings. The molecule has 0 atom stereocenters. The zero-order valence-electron chi connectivity index (χ0n) is 7.57. The summed E-state index contributed by atoms with van der Waals surface area (Å²) in [5.74, 6) is 0.916. The van der Waals surface area contributed by atoms with Crippen LogP contribution in [0.25, 0.3) is 0 Å². The monoisotopic (exact) mass is 259 g/mol. The summed E-state index contributed by atoms with van der Waals surface area (Å²) < 4.78 is 15.6. The first-order valence-corrected chi connectivity index (χ1v) is 4.61. The molecule has 0 bridgehead atoms. The standard InChI is InChI=1S/C8H9BBrO4/c1-12-5-13-7-3-2-6(10)4-8(7)14-9-11/h2-4,11H,5H2,1H3. The van der Waals surface area contributed by atoms with Crippen LogP contribution < -0.4 is 9.39 Å². The summed E-state index contributed by atoms with van der Waals surface area (Å²) >= 11 is 3.27. The van der Waals surface area contributed by atoms with Gasteiger partial charge in [0.25, 0.3) is 0 Å². The fourth-order valence-corrected chi connectivity index (χ4v) is 1.21. The lowest BCUT2D eigenvalue weighted by molar-refractivity contribution is 0.0497. The second kappa shape index (κ2) is 5.90. The molecular formula is C8H9BBrO4. The van der Waals surface area contributed by atoms with Gasteiger partial charge in [-0.1, -0.05) is 15.9 Å². The van der Waals surface area contributed by atoms with E-state index in [0.717, 1.165) is 4.47 Å². The lowest BCUT2D eigenvalue weighted by atomic mass is 10.3. The number of methoxy groups -OCH3 is 1. The van der Waals surface area contributed by atoms with E-state index in [-0.39, 0.29) is 6.79 Å². The number of benzene rings is 1. The molecule has 0 saturated heterocycles. The molecule has 1 aromatic carbocycles. The maximum absolute atomic E-state index is 8.51. The molecule has 0 heterocycles. The van der Waals surface area contributed by atoms with Gasteiger partial charge in [-0.3, -0.25) is 0 Å². The van der Waals surface area contributed by atoms with Crippen molar-refractivity contribution >= 4 is 23.6 Å². The first-order valence-electron chi connectivity index (χ1n) is 3.81. The van der Waals surface area contributed by atoms with Crippen molar-refractivity contribution in [3.8, 4) is 11.5 Å². The Kier molecular flexibility index (Phi) is 4.79. The third-order valence-electron chi connectivity index (χ3n) is 1.42. The summed E-state index contributed by atoms with van der Waals surface area (Å²) in [5, 5.41) is 8.51. The van der Waals surface area contributed by atoms with Gasteiger partial charge in [-0.15, -0.1) is 0 Å². The minimum Gasteiger partial charge on any atom is -0.535 e. The van der Waals surface area contributed by atoms with E-state index in [1.165, 1.54) is 7.11 Å². The van der Waals surface area contributed by atoms with E-state index in [1.54, 1.807) is 18.2 Å². The van der Waals surface area contributed by atoms with Crippen LogP contribution in [0.5, 0.6) is 11.5 Å². The molecule has 1 rings (SSSR count). The van der Waals surface area contributed by atoms with Crippen LogP contribution in [0.15, 0.2) is 22.7 Å². The average Bonchev–Trinajstić information content (AvgIpc) is 2.17. The van der Waals surface area contributed by atoms with E-state index in [2.05, 4.69) is 15.9 Å². The van der Waals surface area contributed by atoms with Crippen LogP contribution in [0.3, 0.4) is 0 Å². The summed E-state index contributed by atoms with van der Waals surface area (Å²) in [7, 11) is 2.12. The molecule has 0 aliphatic carbocycles. The van der Waals surface area contributed by atoms with Gasteiger partial charge >= 0.3 is 7.69 Å². The molecule has 0 aromatic heterocycles. The van der Waals surface area contributed by atoms with Crippen LogP contribution in [-0.2, 0) is 4.74 Å². The Hall–Kier alpha value is -0.715. The summed E-state index contributed by atoms with van der Waals surface area (Å²) in [4.78, 5) is 0. The van der Waals surface area contributed by atoms with Gasteiger partial charge in [-0.05, 0) is 18.2 Å². The highest BCUT2D eigenvalue weighted by Crippen LogP contribution is 2.30. The van der Waals surface area contributed by atoms with Gasteiger partial charge in [0.2, 0.25) is 0 Å². The third-order valence-corrected chi connectivity index (χ3v) is 1.91. The van der Waals surface area contributed by atoms with Crippen molar-refractivity contribution in [3.63, 3.8) is 0 Å². The van der Waals surface area contributed by atoms with E-state index in [9.17, 15) is 0 Å². The summed E-state index contributed by atoms with van der Waals surface area (Å²) in [5.41, 5.74) is 0. The van der Waals surface area contributed by atoms with Gasteiger partial charge in [0.05, 0.1) is 0 Å². The number of hydrogen-bond acceptors (Lipinski definition) is 4. The van der Waals surface area contributed by atoms with Crippen molar-refractivity contribution in [1.82, 2.24) is 0 Å². The van der Waals surface area contributed by atoms with Crippen LogP contribution in [0, 0.1) is 0 Å². The zero-order chi connectivity index (χ0) is 10.4. The van der Waals surface area contributed by atoms with Gasteiger partial charge in [0.1, 0.15) is 5.75 Å². The van der Waals surface area contributed by atoms with Crippen LogP contribution in [-0.4, -0.2) is 26.6 Å². The molecule has 0 unspecified atom stereocenters. The van der Waals surface area contributed by atoms with Crippen molar-refractivity contribution in [2.24, 2.45) is 0 Å². The van der Waals surface area contributed by atoms with E-state index < -0.39 is 0 Å². The number of rotatable bonds is 5. The highest BCUT2D eigenvalue weighted by molar-refractivity contribution is 9.10. The minimum absolute atomic E-state index is 0.128. The second-order valence-corrected chi connectivity index (χ2v) is 3.28. The van der Waals surface area contributed by atoms with E-state index in [0.29, 0.717) is 19.2 Å². The fraction of sp³-hybridized carbons (Fsp3) is 0.250. The Morgan fingerprint density at radius 1 is 1.43 bits per heavy atom. The smallest absolute Gasteiger partial charge is 0.535 e. The van der Waals surface area contributed by atoms with Crippen molar-refractivity contribution in [1.29, 1.82) is 0 Å². The molecule has 0 saturated carbocycles.